The van der Waals surface area contributed by atoms with E-state index in [-0.39, 0.29) is 17.9 Å². The van der Waals surface area contributed by atoms with Crippen LogP contribution in [0.5, 0.6) is 0 Å². The predicted molar refractivity (Wildman–Crippen MR) is 79.9 cm³/mol. The van der Waals surface area contributed by atoms with E-state index in [0.29, 0.717) is 23.1 Å². The molecule has 0 aliphatic heterocycles. The highest BCUT2D eigenvalue weighted by Gasteiger charge is 2.25. The summed E-state index contributed by atoms with van der Waals surface area (Å²) in [4.78, 5) is 21.1. The summed E-state index contributed by atoms with van der Waals surface area (Å²) in [7, 11) is 1.78. The highest BCUT2D eigenvalue weighted by atomic mass is 16.2. The number of aromatic nitrogens is 2. The Labute approximate surface area is 120 Å². The lowest BCUT2D eigenvalue weighted by Crippen LogP contribution is -2.34. The van der Waals surface area contributed by atoms with Gasteiger partial charge in [0.25, 0.3) is 5.91 Å². The third kappa shape index (κ3) is 3.26. The lowest BCUT2D eigenvalue weighted by atomic mass is 10.1. The lowest BCUT2D eigenvalue weighted by Gasteiger charge is -2.15. The van der Waals surface area contributed by atoms with Crippen LogP contribution in [0.2, 0.25) is 0 Å². The zero-order chi connectivity index (χ0) is 14.7. The summed E-state index contributed by atoms with van der Waals surface area (Å²) in [5, 5.41) is 6.09. The molecule has 1 aliphatic carbocycles. The first kappa shape index (κ1) is 14.8. The lowest BCUT2D eigenvalue weighted by molar-refractivity contribution is 0.0932. The zero-order valence-corrected chi connectivity index (χ0v) is 12.7. The smallest absolute Gasteiger partial charge is 0.272 e. The highest BCUT2D eigenvalue weighted by Crippen LogP contribution is 2.25. The zero-order valence-electron chi connectivity index (χ0n) is 12.7. The van der Waals surface area contributed by atoms with Gasteiger partial charge in [0, 0.05) is 19.0 Å². The summed E-state index contributed by atoms with van der Waals surface area (Å²) in [6, 6.07) is 0.277. The predicted octanol–water partition coefficient (Wildman–Crippen LogP) is 2.56. The van der Waals surface area contributed by atoms with Gasteiger partial charge in [0.2, 0.25) is 0 Å². The Balaban J connectivity index is 2.17. The van der Waals surface area contributed by atoms with Crippen LogP contribution in [0.1, 0.15) is 62.3 Å². The molecule has 0 spiro atoms. The number of carbonyl (C=O) groups is 1. The molecule has 20 heavy (non-hydrogen) atoms. The van der Waals surface area contributed by atoms with Crippen molar-refractivity contribution in [2.24, 2.45) is 5.92 Å². The van der Waals surface area contributed by atoms with Gasteiger partial charge in [-0.2, -0.15) is 0 Å². The fourth-order valence-electron chi connectivity index (χ4n) is 2.62. The molecule has 2 unspecified atom stereocenters. The Hall–Kier alpha value is -1.65. The second kappa shape index (κ2) is 6.20. The highest BCUT2D eigenvalue weighted by molar-refractivity contribution is 5.97. The molecule has 0 saturated heterocycles. The molecule has 2 rings (SSSR count). The van der Waals surface area contributed by atoms with Gasteiger partial charge in [-0.05, 0) is 25.2 Å². The van der Waals surface area contributed by atoms with Crippen molar-refractivity contribution < 1.29 is 4.79 Å². The molecule has 0 aromatic carbocycles. The summed E-state index contributed by atoms with van der Waals surface area (Å²) >= 11 is 0. The number of hydrogen-bond acceptors (Lipinski definition) is 4. The van der Waals surface area contributed by atoms with Crippen LogP contribution in [0.3, 0.4) is 0 Å². The largest absolute Gasteiger partial charge is 0.385 e. The van der Waals surface area contributed by atoms with Gasteiger partial charge in [-0.3, -0.25) is 4.79 Å². The number of nitrogens with one attached hydrogen (secondary N) is 2. The van der Waals surface area contributed by atoms with Gasteiger partial charge in [0.15, 0.2) is 5.69 Å². The van der Waals surface area contributed by atoms with E-state index in [2.05, 4.69) is 27.5 Å². The van der Waals surface area contributed by atoms with Crippen molar-refractivity contribution in [3.63, 3.8) is 0 Å². The van der Waals surface area contributed by atoms with Crippen LogP contribution in [0.4, 0.5) is 5.69 Å². The molecule has 2 N–H and O–H groups in total. The second-order valence-corrected chi connectivity index (χ2v) is 5.98. The van der Waals surface area contributed by atoms with Gasteiger partial charge >= 0.3 is 0 Å². The minimum atomic E-state index is -0.0993. The monoisotopic (exact) mass is 276 g/mol. The average Bonchev–Trinajstić information content (AvgIpc) is 2.83. The Bertz CT molecular complexity index is 487. The molecule has 2 atom stereocenters. The normalized spacial score (nSPS) is 22.1. The first-order valence-corrected chi connectivity index (χ1v) is 7.36. The number of rotatable bonds is 4. The Morgan fingerprint density at radius 2 is 2.15 bits per heavy atom. The summed E-state index contributed by atoms with van der Waals surface area (Å²) in [6.07, 6.45) is 4.99. The van der Waals surface area contributed by atoms with E-state index >= 15 is 0 Å². The fourth-order valence-corrected chi connectivity index (χ4v) is 2.62. The van der Waals surface area contributed by atoms with Crippen molar-refractivity contribution in [3.05, 3.63) is 17.7 Å². The second-order valence-electron chi connectivity index (χ2n) is 5.98. The van der Waals surface area contributed by atoms with Crippen molar-refractivity contribution in [1.29, 1.82) is 0 Å². The van der Waals surface area contributed by atoms with E-state index in [1.165, 1.54) is 6.42 Å². The van der Waals surface area contributed by atoms with Gasteiger partial charge in [-0.1, -0.05) is 20.8 Å². The van der Waals surface area contributed by atoms with Crippen LogP contribution in [-0.4, -0.2) is 29.0 Å². The van der Waals surface area contributed by atoms with Crippen molar-refractivity contribution >= 4 is 11.6 Å². The van der Waals surface area contributed by atoms with E-state index in [4.69, 9.17) is 0 Å². The van der Waals surface area contributed by atoms with Crippen molar-refractivity contribution in [2.45, 2.75) is 52.0 Å². The molecule has 110 valence electrons. The molecule has 1 aromatic heterocycles. The molecule has 1 amide bonds. The maximum Gasteiger partial charge on any atom is 0.272 e. The van der Waals surface area contributed by atoms with Gasteiger partial charge in [0.1, 0.15) is 5.82 Å². The summed E-state index contributed by atoms with van der Waals surface area (Å²) in [5.41, 5.74) is 1.13. The molecule has 5 nitrogen and oxygen atoms in total. The van der Waals surface area contributed by atoms with Gasteiger partial charge in [-0.25, -0.2) is 9.97 Å². The summed E-state index contributed by atoms with van der Waals surface area (Å²) in [5.74, 6) is 1.51. The first-order chi connectivity index (χ1) is 9.51. The van der Waals surface area contributed by atoms with E-state index in [9.17, 15) is 4.79 Å². The molecule has 1 fully saturated rings. The molecule has 5 heteroatoms. The Morgan fingerprint density at radius 1 is 1.40 bits per heavy atom. The third-order valence-electron chi connectivity index (χ3n) is 3.84. The standard InChI is InChI=1S/C15H24N4O/c1-9(2)14-17-8-12(16-4)13(19-14)15(20)18-11-6-5-10(3)7-11/h8-11,16H,5-7H2,1-4H3,(H,18,20). The average molecular weight is 276 g/mol. The molecule has 0 bridgehead atoms. The Morgan fingerprint density at radius 3 is 2.70 bits per heavy atom. The number of hydrogen-bond donors (Lipinski definition) is 2. The minimum absolute atomic E-state index is 0.0993. The first-order valence-electron chi connectivity index (χ1n) is 7.36. The quantitative estimate of drug-likeness (QED) is 0.887. The molecule has 1 aromatic rings. The molecular formula is C15H24N4O. The summed E-state index contributed by atoms with van der Waals surface area (Å²) < 4.78 is 0. The van der Waals surface area contributed by atoms with E-state index in [1.807, 2.05) is 13.8 Å². The maximum atomic E-state index is 12.4. The van der Waals surface area contributed by atoms with Crippen LogP contribution in [-0.2, 0) is 0 Å². The van der Waals surface area contributed by atoms with Crippen molar-refractivity contribution in [3.8, 4) is 0 Å². The van der Waals surface area contributed by atoms with E-state index in [1.54, 1.807) is 13.2 Å². The van der Waals surface area contributed by atoms with Crippen LogP contribution in [0.15, 0.2) is 6.20 Å². The van der Waals surface area contributed by atoms with Crippen molar-refractivity contribution in [1.82, 2.24) is 15.3 Å². The molecular weight excluding hydrogens is 252 g/mol. The van der Waals surface area contributed by atoms with Crippen molar-refractivity contribution in [2.75, 3.05) is 12.4 Å². The van der Waals surface area contributed by atoms with Gasteiger partial charge < -0.3 is 10.6 Å². The SMILES string of the molecule is CNc1cnc(C(C)C)nc1C(=O)NC1CCC(C)C1. The van der Waals surface area contributed by atoms with Gasteiger partial charge in [-0.15, -0.1) is 0 Å². The number of carbonyl (C=O) groups excluding carboxylic acids is 1. The number of nitrogens with zero attached hydrogens (tertiary/aromatic N) is 2. The fraction of sp³-hybridized carbons (Fsp3) is 0.667. The minimum Gasteiger partial charge on any atom is -0.385 e. The molecule has 0 radical (unpaired) electrons. The summed E-state index contributed by atoms with van der Waals surface area (Å²) in [6.45, 7) is 6.27. The van der Waals surface area contributed by atoms with E-state index in [0.717, 1.165) is 12.8 Å². The number of amides is 1. The van der Waals surface area contributed by atoms with Crippen LogP contribution < -0.4 is 10.6 Å². The molecule has 1 heterocycles. The number of anilines is 1. The van der Waals surface area contributed by atoms with Crippen LogP contribution in [0.25, 0.3) is 0 Å². The van der Waals surface area contributed by atoms with E-state index < -0.39 is 0 Å². The topological polar surface area (TPSA) is 66.9 Å². The molecule has 1 saturated carbocycles. The third-order valence-corrected chi connectivity index (χ3v) is 3.84. The Kier molecular flexibility index (Phi) is 4.57. The van der Waals surface area contributed by atoms with Crippen LogP contribution in [0, 0.1) is 5.92 Å². The molecule has 1 aliphatic rings. The maximum absolute atomic E-state index is 12.4. The van der Waals surface area contributed by atoms with Gasteiger partial charge in [0.05, 0.1) is 11.9 Å². The van der Waals surface area contributed by atoms with Crippen LogP contribution >= 0.6 is 0 Å².